The molecule has 346 valence electrons. The number of likely N-dealkylation sites (tertiary alicyclic amines) is 4. The van der Waals surface area contributed by atoms with E-state index in [2.05, 4.69) is 198 Å². The highest BCUT2D eigenvalue weighted by atomic mass is 15.5. The maximum absolute atomic E-state index is 5.69. The van der Waals surface area contributed by atoms with Gasteiger partial charge >= 0.3 is 0 Å². The van der Waals surface area contributed by atoms with Crippen LogP contribution in [-0.4, -0.2) is 176 Å². The summed E-state index contributed by atoms with van der Waals surface area (Å²) in [6, 6.07) is 1.31. The second-order valence-electron chi connectivity index (χ2n) is 25.2. The van der Waals surface area contributed by atoms with Crippen LogP contribution in [0.3, 0.4) is 0 Å². The lowest BCUT2D eigenvalue weighted by Crippen LogP contribution is -2.65. The van der Waals surface area contributed by atoms with Crippen LogP contribution in [0.15, 0.2) is 0 Å². The molecule has 4 aliphatic rings. The first-order chi connectivity index (χ1) is 27.1. The van der Waals surface area contributed by atoms with Crippen LogP contribution in [0.5, 0.6) is 0 Å². The van der Waals surface area contributed by atoms with Crippen molar-refractivity contribution >= 4 is 17.8 Å². The lowest BCUT2D eigenvalue weighted by molar-refractivity contribution is -0.0451. The van der Waals surface area contributed by atoms with Crippen molar-refractivity contribution in [1.82, 2.24) is 44.4 Å². The second kappa shape index (κ2) is 16.3. The first kappa shape index (κ1) is 49.2. The Labute approximate surface area is 369 Å². The second-order valence-corrected chi connectivity index (χ2v) is 25.2. The predicted molar refractivity (Wildman–Crippen MR) is 255 cm³/mol. The van der Waals surface area contributed by atoms with Gasteiger partial charge in [0.05, 0.1) is 13.3 Å². The largest absolute Gasteiger partial charge is 0.357 e. The van der Waals surface area contributed by atoms with E-state index >= 15 is 0 Å². The molecule has 5 rings (SSSR count). The fourth-order valence-electron chi connectivity index (χ4n) is 12.5. The third-order valence-electron chi connectivity index (χ3n) is 17.4. The Hall–Kier alpha value is -1.83. The van der Waals surface area contributed by atoms with Crippen LogP contribution in [0.2, 0.25) is 0 Å². The highest BCUT2D eigenvalue weighted by molar-refractivity contribution is 5.47. The first-order valence-electron chi connectivity index (χ1n) is 23.4. The third kappa shape index (κ3) is 9.79. The number of rotatable bonds is 11. The Bertz CT molecular complexity index is 1460. The number of anilines is 3. The molecule has 0 bridgehead atoms. The number of nitrogens with zero attached hydrogens (tertiary/aromatic N) is 11. The lowest BCUT2D eigenvalue weighted by Gasteiger charge is -2.57. The van der Waals surface area contributed by atoms with Gasteiger partial charge in [0.1, 0.15) is 0 Å². The van der Waals surface area contributed by atoms with Crippen molar-refractivity contribution in [2.24, 2.45) is 0 Å². The number of hydrogen-bond donors (Lipinski definition) is 1. The molecular weight excluding hydrogens is 745 g/mol. The summed E-state index contributed by atoms with van der Waals surface area (Å²) in [6.07, 6.45) is 8.52. The molecule has 0 unspecified atom stereocenters. The predicted octanol–water partition coefficient (Wildman–Crippen LogP) is 7.91. The highest BCUT2D eigenvalue weighted by Gasteiger charge is 2.50. The Kier molecular flexibility index (Phi) is 13.4. The van der Waals surface area contributed by atoms with Crippen LogP contribution in [0.1, 0.15) is 162 Å². The lowest BCUT2D eigenvalue weighted by atomic mass is 9.76. The Morgan fingerprint density at radius 2 is 0.633 bits per heavy atom. The van der Waals surface area contributed by atoms with Crippen molar-refractivity contribution in [3.63, 3.8) is 0 Å². The molecule has 4 fully saturated rings. The van der Waals surface area contributed by atoms with Crippen LogP contribution in [-0.2, 0) is 0 Å². The Morgan fingerprint density at radius 1 is 0.417 bits per heavy atom. The first-order valence-corrected chi connectivity index (χ1v) is 23.4. The molecule has 4 saturated heterocycles. The van der Waals surface area contributed by atoms with Gasteiger partial charge in [-0.25, -0.2) is 0 Å². The number of piperidine rings is 4. The molecule has 4 aliphatic heterocycles. The molecule has 0 saturated carbocycles. The zero-order valence-electron chi connectivity index (χ0n) is 43.3. The Balaban J connectivity index is 1.63. The van der Waals surface area contributed by atoms with Crippen molar-refractivity contribution in [3.05, 3.63) is 0 Å². The van der Waals surface area contributed by atoms with E-state index in [4.69, 9.17) is 15.0 Å². The van der Waals surface area contributed by atoms with Crippen molar-refractivity contribution in [2.75, 3.05) is 77.8 Å². The highest BCUT2D eigenvalue weighted by Crippen LogP contribution is 2.44. The number of hydrogen-bond acceptors (Lipinski definition) is 12. The zero-order chi connectivity index (χ0) is 45.6. The van der Waals surface area contributed by atoms with Crippen molar-refractivity contribution in [1.29, 1.82) is 0 Å². The minimum Gasteiger partial charge on any atom is -0.357 e. The summed E-state index contributed by atoms with van der Waals surface area (Å²) < 4.78 is 0. The average Bonchev–Trinajstić information content (AvgIpc) is 3.10. The van der Waals surface area contributed by atoms with E-state index < -0.39 is 0 Å². The molecule has 1 N–H and O–H groups in total. The molecular formula is C48H94N12. The van der Waals surface area contributed by atoms with Crippen LogP contribution in [0.4, 0.5) is 17.8 Å². The maximum atomic E-state index is 5.69. The van der Waals surface area contributed by atoms with Gasteiger partial charge in [-0.1, -0.05) is 0 Å². The molecule has 12 nitrogen and oxygen atoms in total. The van der Waals surface area contributed by atoms with Gasteiger partial charge in [0.15, 0.2) is 0 Å². The van der Waals surface area contributed by atoms with Gasteiger partial charge in [0, 0.05) is 75.5 Å². The van der Waals surface area contributed by atoms with Crippen LogP contribution >= 0.6 is 0 Å². The van der Waals surface area contributed by atoms with Crippen molar-refractivity contribution in [2.45, 2.75) is 231 Å². The smallest absolute Gasteiger partial charge is 0.233 e. The van der Waals surface area contributed by atoms with E-state index in [0.717, 1.165) is 76.6 Å². The molecule has 1 aromatic rings. The van der Waals surface area contributed by atoms with Gasteiger partial charge in [-0.3, -0.25) is 29.4 Å². The van der Waals surface area contributed by atoms with Gasteiger partial charge in [-0.05, 0) is 204 Å². The van der Waals surface area contributed by atoms with E-state index in [-0.39, 0.29) is 56.4 Å². The summed E-state index contributed by atoms with van der Waals surface area (Å²) in [5, 5.41) is 3.42. The summed E-state index contributed by atoms with van der Waals surface area (Å²) >= 11 is 0. The normalized spacial score (nSPS) is 27.7. The number of aromatic nitrogens is 3. The molecule has 0 atom stereocenters. The molecule has 0 radical (unpaired) electrons. The summed E-state index contributed by atoms with van der Waals surface area (Å²) in [6.45, 7) is 40.1. The summed E-state index contributed by atoms with van der Waals surface area (Å²) in [4.78, 5) is 37.1. The number of nitrogens with one attached hydrogen (secondary N) is 1. The van der Waals surface area contributed by atoms with E-state index in [0.29, 0.717) is 18.0 Å². The topological polar surface area (TPSA) is 76.6 Å². The summed E-state index contributed by atoms with van der Waals surface area (Å²) in [5.41, 5.74) is 0.338. The van der Waals surface area contributed by atoms with E-state index in [1.807, 2.05) is 7.05 Å². The van der Waals surface area contributed by atoms with Crippen molar-refractivity contribution in [3.8, 4) is 0 Å². The van der Waals surface area contributed by atoms with E-state index in [1.54, 1.807) is 0 Å². The standard InChI is InChI=1S/C48H94N12/c1-41(2)24-34(25-42(3,4)55(41)20)53(18)32-59(36-28-45(9,10)57(22)46(11,12)29-36)39-50-38(49-17)51-40(52-39)60(37-30-47(13,14)58(23)48(15,16)31-37)33-54(19)35-26-43(5,6)56(21)44(7,8)27-35/h34-37H,24-33H2,1-23H3,(H,49,50,51,52). The van der Waals surface area contributed by atoms with Gasteiger partial charge in [0.25, 0.3) is 0 Å². The van der Waals surface area contributed by atoms with Gasteiger partial charge in [0.2, 0.25) is 17.8 Å². The molecule has 0 aliphatic carbocycles. The third-order valence-corrected chi connectivity index (χ3v) is 17.4. The van der Waals surface area contributed by atoms with Gasteiger partial charge in [-0.2, -0.15) is 15.0 Å². The maximum Gasteiger partial charge on any atom is 0.233 e. The van der Waals surface area contributed by atoms with E-state index in [9.17, 15) is 0 Å². The van der Waals surface area contributed by atoms with Crippen molar-refractivity contribution < 1.29 is 0 Å². The molecule has 12 heteroatoms. The minimum absolute atomic E-state index is 0.00186. The van der Waals surface area contributed by atoms with E-state index in [1.165, 1.54) is 0 Å². The quantitative estimate of drug-likeness (QED) is 0.220. The van der Waals surface area contributed by atoms with Crippen LogP contribution in [0.25, 0.3) is 0 Å². The molecule has 0 amide bonds. The molecule has 60 heavy (non-hydrogen) atoms. The van der Waals surface area contributed by atoms with Crippen LogP contribution in [0, 0.1) is 0 Å². The minimum atomic E-state index is -0.00186. The Morgan fingerprint density at radius 3 is 0.850 bits per heavy atom. The summed E-state index contributed by atoms with van der Waals surface area (Å²) in [7, 11) is 15.9. The molecule has 1 aromatic heterocycles. The SMILES string of the molecule is CNc1nc(N(CN(C)C2CC(C)(C)N(C)C(C)(C)C2)C2CC(C)(C)N(C)C(C)(C)C2)nc(N(CN(C)C2CC(C)(C)N(C)C(C)(C)C2)C2CC(C)(C)N(C)C(C)(C)C2)n1. The van der Waals surface area contributed by atoms with Gasteiger partial charge in [-0.15, -0.1) is 0 Å². The average molecular weight is 839 g/mol. The zero-order valence-corrected chi connectivity index (χ0v) is 43.3. The fourth-order valence-corrected chi connectivity index (χ4v) is 12.5. The fraction of sp³-hybridized carbons (Fsp3) is 0.938. The summed E-state index contributed by atoms with van der Waals surface area (Å²) in [5.74, 6) is 2.20. The monoisotopic (exact) mass is 839 g/mol. The molecule has 0 spiro atoms. The molecule has 5 heterocycles. The van der Waals surface area contributed by atoms with Gasteiger partial charge < -0.3 is 15.1 Å². The molecule has 0 aromatic carbocycles. The van der Waals surface area contributed by atoms with Crippen LogP contribution < -0.4 is 15.1 Å².